The molecule has 0 saturated heterocycles. The predicted molar refractivity (Wildman–Crippen MR) is 93.5 cm³/mol. The van der Waals surface area contributed by atoms with Crippen molar-refractivity contribution in [1.29, 1.82) is 0 Å². The number of amides is 2. The molecule has 2 aromatic rings. The number of carbonyl (C=O) groups excluding carboxylic acids is 1. The summed E-state index contributed by atoms with van der Waals surface area (Å²) in [5, 5.41) is 5.43. The minimum Gasteiger partial charge on any atom is -0.308 e. The van der Waals surface area contributed by atoms with Crippen molar-refractivity contribution in [3.05, 3.63) is 59.7 Å². The van der Waals surface area contributed by atoms with Gasteiger partial charge < -0.3 is 10.6 Å². The molecule has 0 radical (unpaired) electrons. The lowest BCUT2D eigenvalue weighted by molar-refractivity contribution is 0.262. The molecule has 122 valence electrons. The Labute approximate surface area is 136 Å². The Hall–Kier alpha value is -2.34. The highest BCUT2D eigenvalue weighted by atomic mass is 32.2. The van der Waals surface area contributed by atoms with E-state index in [-0.39, 0.29) is 5.75 Å². The fourth-order valence-corrected chi connectivity index (χ4v) is 2.98. The fourth-order valence-electron chi connectivity index (χ4n) is 2.16. The number of carbonyl (C=O) groups is 1. The second kappa shape index (κ2) is 7.28. The number of nitrogens with one attached hydrogen (secondary N) is 2. The molecule has 0 spiro atoms. The number of urea groups is 1. The standard InChI is InChI=1S/C17H20N2O3S/c1-3-13-8-10-15(11-9-13)18-17(20)19-16-7-5-4-6-14(16)12-23(2,21)22/h4-11H,3,12H2,1-2H3,(H2,18,19,20). The molecule has 5 nitrogen and oxygen atoms in total. The highest BCUT2D eigenvalue weighted by Gasteiger charge is 2.11. The monoisotopic (exact) mass is 332 g/mol. The van der Waals surface area contributed by atoms with Crippen LogP contribution in [-0.4, -0.2) is 20.7 Å². The number of hydrogen-bond donors (Lipinski definition) is 2. The molecule has 2 rings (SSSR count). The first-order chi connectivity index (χ1) is 10.9. The Kier molecular flexibility index (Phi) is 5.39. The van der Waals surface area contributed by atoms with Gasteiger partial charge >= 0.3 is 6.03 Å². The van der Waals surface area contributed by atoms with Crippen molar-refractivity contribution in [2.24, 2.45) is 0 Å². The van der Waals surface area contributed by atoms with Gasteiger partial charge in [-0.25, -0.2) is 13.2 Å². The lowest BCUT2D eigenvalue weighted by Gasteiger charge is -2.11. The Bertz CT molecular complexity index is 784. The molecule has 0 aliphatic heterocycles. The SMILES string of the molecule is CCc1ccc(NC(=O)Nc2ccccc2CS(C)(=O)=O)cc1. The molecule has 2 aromatic carbocycles. The van der Waals surface area contributed by atoms with Crippen LogP contribution in [0.2, 0.25) is 0 Å². The highest BCUT2D eigenvalue weighted by molar-refractivity contribution is 7.89. The number of anilines is 2. The van der Waals surface area contributed by atoms with Crippen LogP contribution in [0.3, 0.4) is 0 Å². The van der Waals surface area contributed by atoms with Crippen molar-refractivity contribution in [3.63, 3.8) is 0 Å². The second-order valence-corrected chi connectivity index (χ2v) is 7.50. The summed E-state index contributed by atoms with van der Waals surface area (Å²) in [6.07, 6.45) is 2.10. The third kappa shape index (κ3) is 5.41. The van der Waals surface area contributed by atoms with Crippen molar-refractivity contribution in [2.75, 3.05) is 16.9 Å². The highest BCUT2D eigenvalue weighted by Crippen LogP contribution is 2.18. The van der Waals surface area contributed by atoms with Gasteiger partial charge in [0, 0.05) is 17.6 Å². The molecular formula is C17H20N2O3S. The molecule has 0 aliphatic carbocycles. The Morgan fingerprint density at radius 3 is 2.26 bits per heavy atom. The molecule has 0 unspecified atom stereocenters. The van der Waals surface area contributed by atoms with Crippen LogP contribution in [0.4, 0.5) is 16.2 Å². The van der Waals surface area contributed by atoms with Gasteiger partial charge in [0.25, 0.3) is 0 Å². The third-order valence-electron chi connectivity index (χ3n) is 3.30. The molecule has 23 heavy (non-hydrogen) atoms. The molecule has 0 saturated carbocycles. The van der Waals surface area contributed by atoms with E-state index < -0.39 is 15.9 Å². The summed E-state index contributed by atoms with van der Waals surface area (Å²) in [5.74, 6) is -0.116. The lowest BCUT2D eigenvalue weighted by Crippen LogP contribution is -2.20. The zero-order valence-corrected chi connectivity index (χ0v) is 14.0. The number of benzene rings is 2. The first-order valence-corrected chi connectivity index (χ1v) is 9.36. The van der Waals surface area contributed by atoms with E-state index in [1.807, 2.05) is 24.3 Å². The van der Waals surface area contributed by atoms with E-state index in [9.17, 15) is 13.2 Å². The van der Waals surface area contributed by atoms with Crippen molar-refractivity contribution in [2.45, 2.75) is 19.1 Å². The first-order valence-electron chi connectivity index (χ1n) is 7.30. The van der Waals surface area contributed by atoms with Gasteiger partial charge in [0.15, 0.2) is 9.84 Å². The number of aryl methyl sites for hydroxylation is 1. The number of sulfone groups is 1. The lowest BCUT2D eigenvalue weighted by atomic mass is 10.1. The summed E-state index contributed by atoms with van der Waals surface area (Å²) in [7, 11) is -3.17. The van der Waals surface area contributed by atoms with Gasteiger partial charge in [-0.15, -0.1) is 0 Å². The zero-order valence-electron chi connectivity index (χ0n) is 13.2. The van der Waals surface area contributed by atoms with E-state index in [2.05, 4.69) is 17.6 Å². The van der Waals surface area contributed by atoms with Crippen molar-refractivity contribution < 1.29 is 13.2 Å². The van der Waals surface area contributed by atoms with Crippen LogP contribution in [0.25, 0.3) is 0 Å². The summed E-state index contributed by atoms with van der Waals surface area (Å²) < 4.78 is 22.9. The van der Waals surface area contributed by atoms with E-state index >= 15 is 0 Å². The van der Waals surface area contributed by atoms with Gasteiger partial charge in [0.1, 0.15) is 0 Å². The fraction of sp³-hybridized carbons (Fsp3) is 0.235. The molecule has 0 aromatic heterocycles. The van der Waals surface area contributed by atoms with E-state index in [0.717, 1.165) is 6.42 Å². The van der Waals surface area contributed by atoms with Gasteiger partial charge in [-0.2, -0.15) is 0 Å². The van der Waals surface area contributed by atoms with Gasteiger partial charge in [-0.3, -0.25) is 0 Å². The minimum absolute atomic E-state index is 0.116. The average Bonchev–Trinajstić information content (AvgIpc) is 2.48. The van der Waals surface area contributed by atoms with E-state index in [4.69, 9.17) is 0 Å². The van der Waals surface area contributed by atoms with Crippen LogP contribution in [0.1, 0.15) is 18.1 Å². The zero-order chi connectivity index (χ0) is 16.9. The predicted octanol–water partition coefficient (Wildman–Crippen LogP) is 3.44. The molecule has 0 bridgehead atoms. The van der Waals surface area contributed by atoms with E-state index in [0.29, 0.717) is 16.9 Å². The molecule has 6 heteroatoms. The Morgan fingerprint density at radius 1 is 1.00 bits per heavy atom. The van der Waals surface area contributed by atoms with E-state index in [1.54, 1.807) is 24.3 Å². The second-order valence-electron chi connectivity index (χ2n) is 5.36. The molecule has 0 aliphatic rings. The maximum absolute atomic E-state index is 12.1. The molecule has 2 amide bonds. The Morgan fingerprint density at radius 2 is 1.65 bits per heavy atom. The average molecular weight is 332 g/mol. The summed E-state index contributed by atoms with van der Waals surface area (Å²) in [5.41, 5.74) is 2.92. The maximum Gasteiger partial charge on any atom is 0.323 e. The maximum atomic E-state index is 12.1. The first kappa shape index (κ1) is 17.0. The topological polar surface area (TPSA) is 75.3 Å². The largest absolute Gasteiger partial charge is 0.323 e. The smallest absolute Gasteiger partial charge is 0.308 e. The van der Waals surface area contributed by atoms with Gasteiger partial charge in [0.2, 0.25) is 0 Å². The Balaban J connectivity index is 2.08. The van der Waals surface area contributed by atoms with E-state index in [1.165, 1.54) is 11.8 Å². The van der Waals surface area contributed by atoms with Gasteiger partial charge in [-0.05, 0) is 35.7 Å². The van der Waals surface area contributed by atoms with Crippen LogP contribution >= 0.6 is 0 Å². The number of hydrogen-bond acceptors (Lipinski definition) is 3. The van der Waals surface area contributed by atoms with Crippen LogP contribution in [-0.2, 0) is 22.0 Å². The van der Waals surface area contributed by atoms with Crippen molar-refractivity contribution in [1.82, 2.24) is 0 Å². The molecular weight excluding hydrogens is 312 g/mol. The van der Waals surface area contributed by atoms with Crippen LogP contribution in [0.15, 0.2) is 48.5 Å². The normalized spacial score (nSPS) is 11.0. The molecule has 0 heterocycles. The van der Waals surface area contributed by atoms with Gasteiger partial charge in [-0.1, -0.05) is 37.3 Å². The molecule has 2 N–H and O–H groups in total. The number of para-hydroxylation sites is 1. The summed E-state index contributed by atoms with van der Waals surface area (Å²) in [6.45, 7) is 2.06. The van der Waals surface area contributed by atoms with Crippen molar-refractivity contribution in [3.8, 4) is 0 Å². The van der Waals surface area contributed by atoms with Crippen molar-refractivity contribution >= 4 is 27.2 Å². The van der Waals surface area contributed by atoms with Crippen LogP contribution in [0.5, 0.6) is 0 Å². The van der Waals surface area contributed by atoms with Crippen LogP contribution < -0.4 is 10.6 Å². The molecule has 0 fully saturated rings. The van der Waals surface area contributed by atoms with Crippen LogP contribution in [0, 0.1) is 0 Å². The third-order valence-corrected chi connectivity index (χ3v) is 4.14. The van der Waals surface area contributed by atoms with Gasteiger partial charge in [0.05, 0.1) is 5.75 Å². The summed E-state index contributed by atoms with van der Waals surface area (Å²) in [4.78, 5) is 12.1. The minimum atomic E-state index is -3.17. The summed E-state index contributed by atoms with van der Waals surface area (Å²) in [6, 6.07) is 14.0. The summed E-state index contributed by atoms with van der Waals surface area (Å²) >= 11 is 0. The number of rotatable bonds is 5. The molecule has 0 atom stereocenters. The quantitative estimate of drug-likeness (QED) is 0.880.